The Bertz CT molecular complexity index is 652. The molecule has 0 bridgehead atoms. The SMILES string of the molecule is CCCn1ccc(=O)n(Cc2cn(C)nn2)c1=O. The molecule has 0 N–H and O–H groups in total. The molecular formula is C11H15N5O2. The first-order valence-electron chi connectivity index (χ1n) is 5.77. The van der Waals surface area contributed by atoms with Crippen LogP contribution in [0.5, 0.6) is 0 Å². The van der Waals surface area contributed by atoms with Crippen LogP contribution >= 0.6 is 0 Å². The molecule has 2 aromatic rings. The molecule has 0 aliphatic carbocycles. The predicted molar refractivity (Wildman–Crippen MR) is 65.4 cm³/mol. The normalized spacial score (nSPS) is 10.8. The van der Waals surface area contributed by atoms with E-state index in [9.17, 15) is 9.59 Å². The maximum Gasteiger partial charge on any atom is 0.331 e. The van der Waals surface area contributed by atoms with Crippen molar-refractivity contribution in [1.29, 1.82) is 0 Å². The fourth-order valence-electron chi connectivity index (χ4n) is 1.74. The number of hydrogen-bond donors (Lipinski definition) is 0. The molecule has 0 aliphatic rings. The Morgan fingerprint density at radius 1 is 1.33 bits per heavy atom. The monoisotopic (exact) mass is 249 g/mol. The van der Waals surface area contributed by atoms with Gasteiger partial charge < -0.3 is 4.57 Å². The zero-order valence-corrected chi connectivity index (χ0v) is 10.4. The molecule has 0 amide bonds. The Morgan fingerprint density at radius 3 is 2.72 bits per heavy atom. The Hall–Kier alpha value is -2.18. The maximum atomic E-state index is 12.1. The number of rotatable bonds is 4. The molecule has 18 heavy (non-hydrogen) atoms. The van der Waals surface area contributed by atoms with Gasteiger partial charge in [-0.2, -0.15) is 0 Å². The van der Waals surface area contributed by atoms with Crippen LogP contribution < -0.4 is 11.2 Å². The molecule has 0 unspecified atom stereocenters. The molecule has 7 heteroatoms. The van der Waals surface area contributed by atoms with Crippen molar-refractivity contribution in [2.45, 2.75) is 26.4 Å². The highest BCUT2D eigenvalue weighted by Crippen LogP contribution is 1.92. The minimum absolute atomic E-state index is 0.149. The lowest BCUT2D eigenvalue weighted by molar-refractivity contribution is 0.566. The molecule has 0 atom stereocenters. The van der Waals surface area contributed by atoms with Crippen LogP contribution in [0.25, 0.3) is 0 Å². The molecule has 0 fully saturated rings. The van der Waals surface area contributed by atoms with E-state index in [1.807, 2.05) is 6.92 Å². The fraction of sp³-hybridized carbons (Fsp3) is 0.455. The summed E-state index contributed by atoms with van der Waals surface area (Å²) < 4.78 is 4.23. The van der Waals surface area contributed by atoms with E-state index in [0.29, 0.717) is 12.2 Å². The van der Waals surface area contributed by atoms with E-state index in [2.05, 4.69) is 10.3 Å². The van der Waals surface area contributed by atoms with Gasteiger partial charge in [0, 0.05) is 32.1 Å². The molecule has 0 saturated heterocycles. The second-order valence-corrected chi connectivity index (χ2v) is 4.10. The Balaban J connectivity index is 2.40. The summed E-state index contributed by atoms with van der Waals surface area (Å²) in [6.45, 7) is 2.72. The molecule has 7 nitrogen and oxygen atoms in total. The van der Waals surface area contributed by atoms with Gasteiger partial charge in [0.25, 0.3) is 5.56 Å². The van der Waals surface area contributed by atoms with Crippen LogP contribution in [0.3, 0.4) is 0 Å². The van der Waals surface area contributed by atoms with Gasteiger partial charge in [0.05, 0.1) is 6.54 Å². The number of nitrogens with zero attached hydrogens (tertiary/aromatic N) is 5. The van der Waals surface area contributed by atoms with E-state index in [1.54, 1.807) is 13.2 Å². The first kappa shape index (κ1) is 12.3. The van der Waals surface area contributed by atoms with Gasteiger partial charge in [-0.1, -0.05) is 12.1 Å². The quantitative estimate of drug-likeness (QED) is 0.738. The van der Waals surface area contributed by atoms with Gasteiger partial charge in [-0.15, -0.1) is 5.10 Å². The minimum atomic E-state index is -0.321. The highest BCUT2D eigenvalue weighted by molar-refractivity contribution is 4.96. The third-order valence-electron chi connectivity index (χ3n) is 2.57. The lowest BCUT2D eigenvalue weighted by Gasteiger charge is -2.07. The summed E-state index contributed by atoms with van der Waals surface area (Å²) in [6.07, 6.45) is 4.05. The first-order chi connectivity index (χ1) is 8.61. The van der Waals surface area contributed by atoms with Crippen LogP contribution in [0, 0.1) is 0 Å². The molecule has 2 aromatic heterocycles. The molecule has 2 rings (SSSR count). The summed E-state index contributed by atoms with van der Waals surface area (Å²) in [6, 6.07) is 1.40. The molecule has 0 saturated carbocycles. The van der Waals surface area contributed by atoms with E-state index in [-0.39, 0.29) is 17.8 Å². The Labute approximate surface area is 103 Å². The maximum absolute atomic E-state index is 12.1. The summed E-state index contributed by atoms with van der Waals surface area (Å²) in [5, 5.41) is 7.65. The summed E-state index contributed by atoms with van der Waals surface area (Å²) in [7, 11) is 1.74. The summed E-state index contributed by atoms with van der Waals surface area (Å²) >= 11 is 0. The summed E-state index contributed by atoms with van der Waals surface area (Å²) in [4.78, 5) is 23.8. The fourth-order valence-corrected chi connectivity index (χ4v) is 1.74. The lowest BCUT2D eigenvalue weighted by Crippen LogP contribution is -2.39. The van der Waals surface area contributed by atoms with Gasteiger partial charge in [-0.25, -0.2) is 4.79 Å². The first-order valence-corrected chi connectivity index (χ1v) is 5.77. The van der Waals surface area contributed by atoms with E-state index < -0.39 is 0 Å². The van der Waals surface area contributed by atoms with E-state index in [4.69, 9.17) is 0 Å². The predicted octanol–water partition coefficient (Wildman–Crippen LogP) is -0.403. The van der Waals surface area contributed by atoms with Crippen molar-refractivity contribution in [2.75, 3.05) is 0 Å². The summed E-state index contributed by atoms with van der Waals surface area (Å²) in [5.74, 6) is 0. The largest absolute Gasteiger partial charge is 0.331 e. The van der Waals surface area contributed by atoms with Gasteiger partial charge >= 0.3 is 5.69 Å². The van der Waals surface area contributed by atoms with Crippen molar-refractivity contribution >= 4 is 0 Å². The Kier molecular flexibility index (Phi) is 3.40. The Morgan fingerprint density at radius 2 is 2.11 bits per heavy atom. The van der Waals surface area contributed by atoms with Gasteiger partial charge in [0.2, 0.25) is 0 Å². The van der Waals surface area contributed by atoms with E-state index in [0.717, 1.165) is 6.42 Å². The molecule has 0 spiro atoms. The average molecular weight is 249 g/mol. The molecule has 96 valence electrons. The standard InChI is InChI=1S/C11H15N5O2/c1-3-5-15-6-4-10(17)16(11(15)18)8-9-7-14(2)13-12-9/h4,6-7H,3,5,8H2,1-2H3. The molecular weight excluding hydrogens is 234 g/mol. The van der Waals surface area contributed by atoms with Crippen molar-refractivity contribution < 1.29 is 0 Å². The smallest absolute Gasteiger partial charge is 0.300 e. The van der Waals surface area contributed by atoms with Crippen LogP contribution in [0.4, 0.5) is 0 Å². The van der Waals surface area contributed by atoms with Gasteiger partial charge in [0.1, 0.15) is 5.69 Å². The zero-order valence-electron chi connectivity index (χ0n) is 10.4. The third kappa shape index (κ3) is 2.39. The van der Waals surface area contributed by atoms with Gasteiger partial charge in [0.15, 0.2) is 0 Å². The molecule has 0 aromatic carbocycles. The van der Waals surface area contributed by atoms with Crippen LogP contribution in [0.1, 0.15) is 19.0 Å². The number of hydrogen-bond acceptors (Lipinski definition) is 4. The van der Waals surface area contributed by atoms with Crippen molar-refractivity contribution in [3.8, 4) is 0 Å². The minimum Gasteiger partial charge on any atom is -0.300 e. The van der Waals surface area contributed by atoms with Gasteiger partial charge in [-0.3, -0.25) is 14.0 Å². The molecule has 0 radical (unpaired) electrons. The topological polar surface area (TPSA) is 74.7 Å². The van der Waals surface area contributed by atoms with E-state index >= 15 is 0 Å². The number of aryl methyl sites for hydroxylation is 2. The summed E-state index contributed by atoms with van der Waals surface area (Å²) in [5.41, 5.74) is -0.0426. The molecule has 0 aliphatic heterocycles. The lowest BCUT2D eigenvalue weighted by atomic mass is 10.4. The third-order valence-corrected chi connectivity index (χ3v) is 2.57. The van der Waals surface area contributed by atoms with Crippen molar-refractivity contribution in [3.63, 3.8) is 0 Å². The van der Waals surface area contributed by atoms with Crippen LogP contribution in [0.15, 0.2) is 28.0 Å². The average Bonchev–Trinajstić information content (AvgIpc) is 2.74. The van der Waals surface area contributed by atoms with Crippen molar-refractivity contribution in [1.82, 2.24) is 24.1 Å². The van der Waals surface area contributed by atoms with Crippen molar-refractivity contribution in [2.24, 2.45) is 7.05 Å². The second-order valence-electron chi connectivity index (χ2n) is 4.10. The van der Waals surface area contributed by atoms with Gasteiger partial charge in [-0.05, 0) is 6.42 Å². The van der Waals surface area contributed by atoms with Crippen molar-refractivity contribution in [3.05, 3.63) is 45.0 Å². The van der Waals surface area contributed by atoms with Crippen LogP contribution in [0.2, 0.25) is 0 Å². The second kappa shape index (κ2) is 4.99. The number of aromatic nitrogens is 5. The highest BCUT2D eigenvalue weighted by Gasteiger charge is 2.07. The van der Waals surface area contributed by atoms with E-state index in [1.165, 1.54) is 26.1 Å². The highest BCUT2D eigenvalue weighted by atomic mass is 16.2. The van der Waals surface area contributed by atoms with Crippen LogP contribution in [-0.4, -0.2) is 24.1 Å². The zero-order chi connectivity index (χ0) is 13.1. The van der Waals surface area contributed by atoms with Crippen LogP contribution in [-0.2, 0) is 20.1 Å². The molecule has 2 heterocycles.